The van der Waals surface area contributed by atoms with Gasteiger partial charge in [-0.15, -0.1) is 0 Å². The van der Waals surface area contributed by atoms with Gasteiger partial charge in [0.25, 0.3) is 0 Å². The summed E-state index contributed by atoms with van der Waals surface area (Å²) in [6, 6.07) is 5.42. The normalized spacial score (nSPS) is 21.9. The van der Waals surface area contributed by atoms with Crippen molar-refractivity contribution in [1.29, 1.82) is 5.26 Å². The third kappa shape index (κ3) is 4.93. The summed E-state index contributed by atoms with van der Waals surface area (Å²) < 4.78 is 40.6. The average molecular weight is 478 g/mol. The summed E-state index contributed by atoms with van der Waals surface area (Å²) in [5.74, 6) is -0.433. The second-order valence-electron chi connectivity index (χ2n) is 9.64. The lowest BCUT2D eigenvalue weighted by atomic mass is 9.70. The fraction of sp³-hybridized carbons (Fsp3) is 0.625. The summed E-state index contributed by atoms with van der Waals surface area (Å²) in [5.41, 5.74) is -1.45. The van der Waals surface area contributed by atoms with Crippen molar-refractivity contribution in [2.75, 3.05) is 37.6 Å². The van der Waals surface area contributed by atoms with E-state index in [2.05, 4.69) is 10.6 Å². The lowest BCUT2D eigenvalue weighted by molar-refractivity contribution is -0.137. The van der Waals surface area contributed by atoms with Gasteiger partial charge in [0.15, 0.2) is 0 Å². The molecule has 2 N–H and O–H groups in total. The SMILES string of the molecule is CCCNC(=O)N1CCC2(CC1)CN(c1ccc(C#N)c(C(F)(F)F)c1)CC2C(=O)NC1CC1. The molecule has 0 aromatic heterocycles. The van der Waals surface area contributed by atoms with Crippen molar-refractivity contribution in [1.82, 2.24) is 15.5 Å². The third-order valence-corrected chi connectivity index (χ3v) is 7.25. The van der Waals surface area contributed by atoms with Crippen LogP contribution in [-0.2, 0) is 11.0 Å². The van der Waals surface area contributed by atoms with E-state index in [0.29, 0.717) is 51.3 Å². The minimum atomic E-state index is -4.64. The number of hydrogen-bond acceptors (Lipinski definition) is 4. The van der Waals surface area contributed by atoms with Gasteiger partial charge in [0.05, 0.1) is 23.1 Å². The number of likely N-dealkylation sites (tertiary alicyclic amines) is 1. The molecule has 0 bridgehead atoms. The van der Waals surface area contributed by atoms with E-state index in [1.165, 1.54) is 12.1 Å². The average Bonchev–Trinajstić information content (AvgIpc) is 3.55. The molecule has 1 aromatic rings. The van der Waals surface area contributed by atoms with Crippen molar-refractivity contribution in [3.8, 4) is 6.07 Å². The first-order valence-electron chi connectivity index (χ1n) is 11.9. The van der Waals surface area contributed by atoms with Gasteiger partial charge in [-0.25, -0.2) is 4.79 Å². The summed E-state index contributed by atoms with van der Waals surface area (Å²) in [6.07, 6.45) is -0.691. The summed E-state index contributed by atoms with van der Waals surface area (Å²) in [4.78, 5) is 29.2. The number of amides is 3. The van der Waals surface area contributed by atoms with Gasteiger partial charge in [-0.1, -0.05) is 6.92 Å². The fourth-order valence-corrected chi connectivity index (χ4v) is 5.12. The Morgan fingerprint density at radius 1 is 1.24 bits per heavy atom. The Hall–Kier alpha value is -2.96. The molecule has 1 atom stereocenters. The van der Waals surface area contributed by atoms with Crippen LogP contribution < -0.4 is 15.5 Å². The van der Waals surface area contributed by atoms with Gasteiger partial charge in [-0.2, -0.15) is 18.4 Å². The van der Waals surface area contributed by atoms with Gasteiger partial charge < -0.3 is 20.4 Å². The zero-order valence-corrected chi connectivity index (χ0v) is 19.2. The number of piperidine rings is 1. The number of benzene rings is 1. The van der Waals surface area contributed by atoms with Crippen LogP contribution in [0.15, 0.2) is 18.2 Å². The third-order valence-electron chi connectivity index (χ3n) is 7.25. The molecule has 7 nitrogen and oxygen atoms in total. The Balaban J connectivity index is 1.56. The molecule has 0 radical (unpaired) electrons. The molecule has 34 heavy (non-hydrogen) atoms. The number of nitrogens with zero attached hydrogens (tertiary/aromatic N) is 3. The first kappa shape index (κ1) is 24.2. The van der Waals surface area contributed by atoms with E-state index in [4.69, 9.17) is 5.26 Å². The van der Waals surface area contributed by atoms with Crippen LogP contribution in [0.5, 0.6) is 0 Å². The van der Waals surface area contributed by atoms with Gasteiger partial charge >= 0.3 is 12.2 Å². The number of nitrogens with one attached hydrogen (secondary N) is 2. The number of anilines is 1. The lowest BCUT2D eigenvalue weighted by Crippen LogP contribution is -2.52. The van der Waals surface area contributed by atoms with E-state index in [1.807, 2.05) is 11.8 Å². The number of carbonyl (C=O) groups excluding carboxylic acids is 2. The number of nitriles is 1. The van der Waals surface area contributed by atoms with Gasteiger partial charge in [-0.05, 0) is 50.3 Å². The van der Waals surface area contributed by atoms with Crippen LogP contribution >= 0.6 is 0 Å². The van der Waals surface area contributed by atoms with Crippen LogP contribution in [0.4, 0.5) is 23.7 Å². The smallest absolute Gasteiger partial charge is 0.370 e. The monoisotopic (exact) mass is 477 g/mol. The number of carbonyl (C=O) groups is 2. The number of alkyl halides is 3. The Morgan fingerprint density at radius 3 is 2.53 bits per heavy atom. The van der Waals surface area contributed by atoms with Crippen molar-refractivity contribution >= 4 is 17.6 Å². The predicted octanol–water partition coefficient (Wildman–Crippen LogP) is 3.49. The molecule has 1 aromatic carbocycles. The first-order valence-corrected chi connectivity index (χ1v) is 11.9. The highest BCUT2D eigenvalue weighted by Gasteiger charge is 2.52. The van der Waals surface area contributed by atoms with Crippen LogP contribution in [-0.4, -0.2) is 55.6 Å². The maximum Gasteiger partial charge on any atom is 0.417 e. The van der Waals surface area contributed by atoms with Crippen LogP contribution in [0.3, 0.4) is 0 Å². The molecule has 184 valence electrons. The summed E-state index contributed by atoms with van der Waals surface area (Å²) in [7, 11) is 0. The minimum absolute atomic E-state index is 0.0569. The van der Waals surface area contributed by atoms with Crippen LogP contribution in [0, 0.1) is 22.7 Å². The van der Waals surface area contributed by atoms with E-state index in [0.717, 1.165) is 25.3 Å². The maximum atomic E-state index is 13.5. The van der Waals surface area contributed by atoms with Gasteiger partial charge in [0.1, 0.15) is 0 Å². The molecule has 1 saturated carbocycles. The largest absolute Gasteiger partial charge is 0.417 e. The van der Waals surface area contributed by atoms with E-state index < -0.39 is 22.7 Å². The quantitative estimate of drug-likeness (QED) is 0.680. The molecular formula is C24H30F3N5O2. The molecule has 3 fully saturated rings. The standard InChI is InChI=1S/C24H30F3N5O2/c1-2-9-29-22(34)31-10-7-23(8-11-31)15-32(14-20(23)21(33)30-17-4-5-17)18-6-3-16(13-28)19(12-18)24(25,26)27/h3,6,12,17,20H,2,4-5,7-11,14-15H2,1H3,(H,29,34)(H,30,33). The molecule has 3 amide bonds. The number of halogens is 3. The summed E-state index contributed by atoms with van der Waals surface area (Å²) in [5, 5.41) is 15.1. The molecule has 3 aliphatic rings. The second kappa shape index (κ2) is 9.35. The molecule has 4 rings (SSSR count). The van der Waals surface area contributed by atoms with E-state index >= 15 is 0 Å². The van der Waals surface area contributed by atoms with Crippen molar-refractivity contribution in [2.45, 2.75) is 51.2 Å². The molecule has 10 heteroatoms. The summed E-state index contributed by atoms with van der Waals surface area (Å²) >= 11 is 0. The first-order chi connectivity index (χ1) is 16.2. The zero-order chi connectivity index (χ0) is 24.5. The molecule has 2 saturated heterocycles. The number of hydrogen-bond donors (Lipinski definition) is 2. The highest BCUT2D eigenvalue weighted by atomic mass is 19.4. The Bertz CT molecular complexity index is 978. The maximum absolute atomic E-state index is 13.5. The Kier molecular flexibility index (Phi) is 6.65. The van der Waals surface area contributed by atoms with Gasteiger partial charge in [-0.3, -0.25) is 4.79 Å². The minimum Gasteiger partial charge on any atom is -0.370 e. The highest BCUT2D eigenvalue weighted by Crippen LogP contribution is 2.47. The highest BCUT2D eigenvalue weighted by molar-refractivity contribution is 5.82. The van der Waals surface area contributed by atoms with Crippen LogP contribution in [0.2, 0.25) is 0 Å². The van der Waals surface area contributed by atoms with E-state index in [9.17, 15) is 22.8 Å². The Labute approximate surface area is 197 Å². The van der Waals surface area contributed by atoms with Crippen molar-refractivity contribution < 1.29 is 22.8 Å². The molecule has 2 aliphatic heterocycles. The van der Waals surface area contributed by atoms with Crippen LogP contribution in [0.25, 0.3) is 0 Å². The fourth-order valence-electron chi connectivity index (χ4n) is 5.12. The van der Waals surface area contributed by atoms with Crippen molar-refractivity contribution in [3.05, 3.63) is 29.3 Å². The summed E-state index contributed by atoms with van der Waals surface area (Å²) in [6.45, 7) is 4.32. The topological polar surface area (TPSA) is 88.5 Å². The molecule has 1 unspecified atom stereocenters. The number of rotatable bonds is 5. The van der Waals surface area contributed by atoms with Crippen LogP contribution in [0.1, 0.15) is 50.2 Å². The Morgan fingerprint density at radius 2 is 1.94 bits per heavy atom. The van der Waals surface area contributed by atoms with Gasteiger partial charge in [0.2, 0.25) is 5.91 Å². The molecular weight excluding hydrogens is 447 g/mol. The lowest BCUT2D eigenvalue weighted by Gasteiger charge is -2.42. The number of urea groups is 1. The van der Waals surface area contributed by atoms with Gasteiger partial charge in [0, 0.05) is 49.9 Å². The van der Waals surface area contributed by atoms with E-state index in [1.54, 1.807) is 11.0 Å². The molecule has 2 heterocycles. The predicted molar refractivity (Wildman–Crippen MR) is 120 cm³/mol. The second-order valence-corrected chi connectivity index (χ2v) is 9.64. The molecule has 1 spiro atoms. The van der Waals surface area contributed by atoms with E-state index in [-0.39, 0.29) is 23.9 Å². The zero-order valence-electron chi connectivity index (χ0n) is 19.2. The molecule has 1 aliphatic carbocycles. The van der Waals surface area contributed by atoms with Crippen molar-refractivity contribution in [2.24, 2.45) is 11.3 Å². The van der Waals surface area contributed by atoms with Crippen molar-refractivity contribution in [3.63, 3.8) is 0 Å².